The monoisotopic (exact) mass is 386 g/mol. The van der Waals surface area contributed by atoms with Crippen molar-refractivity contribution < 1.29 is 4.79 Å². The first-order valence-electron chi connectivity index (χ1n) is 10.5. The molecule has 146 valence electrons. The number of amides is 1. The molecule has 0 radical (unpaired) electrons. The van der Waals surface area contributed by atoms with Crippen molar-refractivity contribution in [2.75, 3.05) is 36.4 Å². The third-order valence-electron chi connectivity index (χ3n) is 6.02. The molecule has 1 aromatic carbocycles. The van der Waals surface area contributed by atoms with Crippen LogP contribution in [0.1, 0.15) is 61.7 Å². The van der Waals surface area contributed by atoms with Gasteiger partial charge in [-0.25, -0.2) is 0 Å². The Balaban J connectivity index is 1.53. The molecular weight excluding hydrogens is 356 g/mol. The summed E-state index contributed by atoms with van der Waals surface area (Å²) >= 11 is 5.59. The van der Waals surface area contributed by atoms with Crippen LogP contribution in [0.15, 0.2) is 18.2 Å². The van der Waals surface area contributed by atoms with Crippen molar-refractivity contribution in [1.29, 1.82) is 0 Å². The topological polar surface area (TPSA) is 47.6 Å². The molecule has 0 unspecified atom stereocenters. The maximum atomic E-state index is 12.8. The van der Waals surface area contributed by atoms with Crippen LogP contribution in [0.2, 0.25) is 0 Å². The van der Waals surface area contributed by atoms with Crippen molar-refractivity contribution in [2.24, 2.45) is 0 Å². The number of anilines is 2. The summed E-state index contributed by atoms with van der Waals surface area (Å²) in [5.74, 6) is 0.137. The molecule has 3 fully saturated rings. The number of hydrogen-bond donors (Lipinski definition) is 2. The predicted molar refractivity (Wildman–Crippen MR) is 115 cm³/mol. The van der Waals surface area contributed by atoms with Crippen LogP contribution < -0.4 is 15.5 Å². The molecule has 1 saturated carbocycles. The van der Waals surface area contributed by atoms with Crippen LogP contribution in [0, 0.1) is 0 Å². The van der Waals surface area contributed by atoms with Crippen molar-refractivity contribution in [1.82, 2.24) is 10.2 Å². The van der Waals surface area contributed by atoms with Gasteiger partial charge in [0.25, 0.3) is 5.91 Å². The van der Waals surface area contributed by atoms with E-state index >= 15 is 0 Å². The van der Waals surface area contributed by atoms with Gasteiger partial charge in [0.2, 0.25) is 0 Å². The minimum atomic E-state index is 0.137. The lowest BCUT2D eigenvalue weighted by Gasteiger charge is -2.24. The van der Waals surface area contributed by atoms with Gasteiger partial charge in [-0.05, 0) is 68.9 Å². The number of carbonyl (C=O) groups excluding carboxylic acids is 1. The summed E-state index contributed by atoms with van der Waals surface area (Å²) < 4.78 is 0. The molecule has 0 atom stereocenters. The molecule has 5 nitrogen and oxygen atoms in total. The second-order valence-electron chi connectivity index (χ2n) is 8.01. The first-order chi connectivity index (χ1) is 13.2. The number of thiocarbonyl (C=S) groups is 1. The summed E-state index contributed by atoms with van der Waals surface area (Å²) in [4.78, 5) is 17.2. The van der Waals surface area contributed by atoms with Crippen molar-refractivity contribution in [3.05, 3.63) is 23.8 Å². The van der Waals surface area contributed by atoms with Gasteiger partial charge in [-0.1, -0.05) is 12.8 Å². The van der Waals surface area contributed by atoms with Crippen molar-refractivity contribution in [2.45, 2.75) is 57.4 Å². The van der Waals surface area contributed by atoms with E-state index in [1.807, 2.05) is 17.0 Å². The SMILES string of the molecule is O=C(c1ccc(N2CCCC2)c(NC(=S)NC2CCCC2)c1)N1CCCC1. The Bertz CT molecular complexity index is 689. The van der Waals surface area contributed by atoms with Gasteiger partial charge < -0.3 is 20.4 Å². The van der Waals surface area contributed by atoms with Crippen LogP contribution in [0.3, 0.4) is 0 Å². The van der Waals surface area contributed by atoms with E-state index in [0.29, 0.717) is 11.2 Å². The summed E-state index contributed by atoms with van der Waals surface area (Å²) in [6.45, 7) is 3.88. The Morgan fingerprint density at radius 2 is 1.63 bits per heavy atom. The maximum Gasteiger partial charge on any atom is 0.253 e. The van der Waals surface area contributed by atoms with Crippen molar-refractivity contribution in [3.8, 4) is 0 Å². The summed E-state index contributed by atoms with van der Waals surface area (Å²) in [5, 5.41) is 7.54. The average molecular weight is 387 g/mol. The fraction of sp³-hybridized carbons (Fsp3) is 0.619. The van der Waals surface area contributed by atoms with Crippen LogP contribution in [0.25, 0.3) is 0 Å². The third-order valence-corrected chi connectivity index (χ3v) is 6.24. The largest absolute Gasteiger partial charge is 0.370 e. The van der Waals surface area contributed by atoms with Gasteiger partial charge in [-0.2, -0.15) is 0 Å². The minimum absolute atomic E-state index is 0.137. The van der Waals surface area contributed by atoms with Crippen LogP contribution in [0.4, 0.5) is 11.4 Å². The molecule has 0 spiro atoms. The Labute approximate surface area is 167 Å². The fourth-order valence-corrected chi connectivity index (χ4v) is 4.80. The highest BCUT2D eigenvalue weighted by Crippen LogP contribution is 2.31. The summed E-state index contributed by atoms with van der Waals surface area (Å²) in [7, 11) is 0. The third kappa shape index (κ3) is 4.37. The zero-order valence-electron chi connectivity index (χ0n) is 16.0. The normalized spacial score (nSPS) is 20.3. The molecule has 2 heterocycles. The molecule has 4 rings (SSSR count). The lowest BCUT2D eigenvalue weighted by molar-refractivity contribution is 0.0793. The van der Waals surface area contributed by atoms with E-state index in [2.05, 4.69) is 21.6 Å². The van der Waals surface area contributed by atoms with E-state index in [4.69, 9.17) is 12.2 Å². The second kappa shape index (κ2) is 8.46. The Morgan fingerprint density at radius 3 is 2.33 bits per heavy atom. The van der Waals surface area contributed by atoms with Gasteiger partial charge >= 0.3 is 0 Å². The first kappa shape index (κ1) is 18.5. The number of hydrogen-bond acceptors (Lipinski definition) is 3. The molecule has 2 N–H and O–H groups in total. The van der Waals surface area contributed by atoms with Crippen molar-refractivity contribution >= 4 is 34.6 Å². The van der Waals surface area contributed by atoms with Gasteiger partial charge in [0.05, 0.1) is 11.4 Å². The zero-order chi connectivity index (χ0) is 18.6. The molecule has 0 aromatic heterocycles. The van der Waals surface area contributed by atoms with Gasteiger partial charge in [-0.3, -0.25) is 4.79 Å². The second-order valence-corrected chi connectivity index (χ2v) is 8.41. The highest BCUT2D eigenvalue weighted by atomic mass is 32.1. The zero-order valence-corrected chi connectivity index (χ0v) is 16.8. The Kier molecular flexibility index (Phi) is 5.81. The standard InChI is InChI=1S/C21H30N4OS/c26-20(25-13-5-6-14-25)16-9-10-19(24-11-3-4-12-24)18(15-16)23-21(27)22-17-7-1-2-8-17/h9-10,15,17H,1-8,11-14H2,(H2,22,23,27). The van der Waals surface area contributed by atoms with Crippen LogP contribution in [-0.2, 0) is 0 Å². The van der Waals surface area contributed by atoms with E-state index in [1.165, 1.54) is 38.5 Å². The molecule has 6 heteroatoms. The highest BCUT2D eigenvalue weighted by molar-refractivity contribution is 7.80. The van der Waals surface area contributed by atoms with E-state index < -0.39 is 0 Å². The molecule has 1 amide bonds. The predicted octanol–water partition coefficient (Wildman–Crippen LogP) is 3.75. The number of nitrogens with one attached hydrogen (secondary N) is 2. The molecule has 3 aliphatic rings. The summed E-state index contributed by atoms with van der Waals surface area (Å²) in [6.07, 6.45) is 9.59. The summed E-state index contributed by atoms with van der Waals surface area (Å²) in [6, 6.07) is 6.55. The van der Waals surface area contributed by atoms with Gasteiger partial charge in [0.1, 0.15) is 0 Å². The number of rotatable bonds is 4. The number of benzene rings is 1. The van der Waals surface area contributed by atoms with Gasteiger partial charge in [0.15, 0.2) is 5.11 Å². The van der Waals surface area contributed by atoms with Crippen LogP contribution >= 0.6 is 12.2 Å². The molecule has 2 saturated heterocycles. The summed E-state index contributed by atoms with van der Waals surface area (Å²) in [5.41, 5.74) is 2.87. The lowest BCUT2D eigenvalue weighted by atomic mass is 10.1. The van der Waals surface area contributed by atoms with E-state index in [1.54, 1.807) is 0 Å². The highest BCUT2D eigenvalue weighted by Gasteiger charge is 2.23. The van der Waals surface area contributed by atoms with E-state index in [9.17, 15) is 4.79 Å². The molecule has 0 bridgehead atoms. The Morgan fingerprint density at radius 1 is 0.963 bits per heavy atom. The van der Waals surface area contributed by atoms with Gasteiger partial charge in [0, 0.05) is 37.8 Å². The smallest absolute Gasteiger partial charge is 0.253 e. The van der Waals surface area contributed by atoms with Crippen LogP contribution in [0.5, 0.6) is 0 Å². The molecule has 1 aromatic rings. The quantitative estimate of drug-likeness (QED) is 0.772. The van der Waals surface area contributed by atoms with E-state index in [-0.39, 0.29) is 5.91 Å². The number of nitrogens with zero attached hydrogens (tertiary/aromatic N) is 2. The number of carbonyl (C=O) groups is 1. The molecule has 1 aliphatic carbocycles. The molecule has 2 aliphatic heterocycles. The molecule has 27 heavy (non-hydrogen) atoms. The van der Waals surface area contributed by atoms with Gasteiger partial charge in [-0.15, -0.1) is 0 Å². The average Bonchev–Trinajstić information content (AvgIpc) is 3.43. The maximum absolute atomic E-state index is 12.8. The Hall–Kier alpha value is -1.82. The van der Waals surface area contributed by atoms with Crippen molar-refractivity contribution in [3.63, 3.8) is 0 Å². The fourth-order valence-electron chi connectivity index (χ4n) is 4.52. The minimum Gasteiger partial charge on any atom is -0.370 e. The van der Waals surface area contributed by atoms with Crippen LogP contribution in [-0.4, -0.2) is 48.1 Å². The first-order valence-corrected chi connectivity index (χ1v) is 10.9. The molecular formula is C21H30N4OS. The number of likely N-dealkylation sites (tertiary alicyclic amines) is 1. The van der Waals surface area contributed by atoms with E-state index in [0.717, 1.165) is 56.0 Å². The lowest BCUT2D eigenvalue weighted by Crippen LogP contribution is -2.36.